The molecule has 3 aliphatic rings. The van der Waals surface area contributed by atoms with Gasteiger partial charge in [-0.05, 0) is 44.9 Å². The van der Waals surface area contributed by atoms with E-state index in [4.69, 9.17) is 4.79 Å². The highest BCUT2D eigenvalue weighted by Gasteiger charge is 2.37. The van der Waals surface area contributed by atoms with Gasteiger partial charge < -0.3 is 15.0 Å². The minimum absolute atomic E-state index is 0.399. The van der Waals surface area contributed by atoms with Crippen molar-refractivity contribution >= 4 is 12.0 Å². The van der Waals surface area contributed by atoms with Gasteiger partial charge in [-0.15, -0.1) is 0 Å². The second-order valence-corrected chi connectivity index (χ2v) is 8.91. The summed E-state index contributed by atoms with van der Waals surface area (Å²) < 4.78 is 0. The third kappa shape index (κ3) is 6.84. The molecule has 0 radical (unpaired) electrons. The number of hydrogen-bond donors (Lipinski definition) is 1. The normalized spacial score (nSPS) is 23.0. The van der Waals surface area contributed by atoms with Crippen molar-refractivity contribution in [1.82, 2.24) is 15.3 Å². The Kier molecular flexibility index (Phi) is 9.36. The Morgan fingerprint density at radius 3 is 2.11 bits per heavy atom. The molecule has 1 saturated heterocycles. The number of hydrogen-bond acceptors (Lipinski definition) is 5. The number of carbonyl (C=O) groups excluding carboxylic acids is 1. The van der Waals surface area contributed by atoms with Crippen LogP contribution < -0.4 is 10.2 Å². The number of nitrogens with zero attached hydrogens (tertiary/aromatic N) is 3. The fraction of sp³-hybridized carbons (Fsp3) is 0.783. The Bertz CT molecular complexity index is 560. The second kappa shape index (κ2) is 11.5. The van der Waals surface area contributed by atoms with Crippen molar-refractivity contribution in [3.05, 3.63) is 18.2 Å². The maximum Gasteiger partial charge on any atom is 0.130 e. The van der Waals surface area contributed by atoms with Crippen LogP contribution in [0.4, 0.5) is 5.69 Å². The zero-order valence-corrected chi connectivity index (χ0v) is 18.4. The zero-order chi connectivity index (χ0) is 20.4. The molecule has 3 fully saturated rings. The highest BCUT2D eigenvalue weighted by Crippen LogP contribution is 2.51. The lowest BCUT2D eigenvalue weighted by Crippen LogP contribution is -2.49. The first-order valence-electron chi connectivity index (χ1n) is 11.2. The molecule has 28 heavy (non-hydrogen) atoms. The first-order chi connectivity index (χ1) is 13.5. The molecule has 0 aromatic carbocycles. The van der Waals surface area contributed by atoms with Crippen molar-refractivity contribution in [3.8, 4) is 0 Å². The number of aromatic nitrogens is 2. The van der Waals surface area contributed by atoms with Crippen LogP contribution in [0, 0.1) is 5.41 Å². The second-order valence-electron chi connectivity index (χ2n) is 8.91. The van der Waals surface area contributed by atoms with Crippen LogP contribution in [0.3, 0.4) is 0 Å². The van der Waals surface area contributed by atoms with Crippen LogP contribution >= 0.6 is 0 Å². The van der Waals surface area contributed by atoms with Crippen molar-refractivity contribution in [3.63, 3.8) is 0 Å². The third-order valence-electron chi connectivity index (χ3n) is 6.24. The van der Waals surface area contributed by atoms with Crippen molar-refractivity contribution in [2.45, 2.75) is 91.0 Å². The summed E-state index contributed by atoms with van der Waals surface area (Å²) in [7, 11) is 0. The van der Waals surface area contributed by atoms with Gasteiger partial charge >= 0.3 is 0 Å². The molecule has 2 heterocycles. The molecule has 1 spiro atoms. The fourth-order valence-corrected chi connectivity index (χ4v) is 4.44. The number of carbonyl (C=O) groups is 1. The van der Waals surface area contributed by atoms with E-state index in [-0.39, 0.29) is 0 Å². The van der Waals surface area contributed by atoms with E-state index in [1.54, 1.807) is 25.7 Å². The molecule has 5 nitrogen and oxygen atoms in total. The molecule has 4 rings (SSSR count). The molecule has 1 aromatic rings. The standard InChI is InChI=1S/C12H20N4.C9H16.C2H4O/c1-9(2)12-14-6-11(7-15-12)16-5-4-13-10(3)8-16;1-2-5-9(6-3-1)7-4-8-9;1-2-3/h6-7,9-10,13H,4-5,8H2,1-3H3;1-8H2;2H,1H3/t10-;;/m1../s1. The monoisotopic (exact) mass is 388 g/mol. The fourth-order valence-electron chi connectivity index (χ4n) is 4.44. The Balaban J connectivity index is 0.000000196. The van der Waals surface area contributed by atoms with Gasteiger partial charge in [0.15, 0.2) is 0 Å². The summed E-state index contributed by atoms with van der Waals surface area (Å²) in [4.78, 5) is 20.0. The molecule has 0 amide bonds. The number of nitrogens with one attached hydrogen (secondary N) is 1. The van der Waals surface area contributed by atoms with Crippen LogP contribution in [0.2, 0.25) is 0 Å². The van der Waals surface area contributed by atoms with Gasteiger partial charge in [0.05, 0.1) is 18.1 Å². The van der Waals surface area contributed by atoms with E-state index in [0.29, 0.717) is 12.0 Å². The van der Waals surface area contributed by atoms with Gasteiger partial charge in [0.2, 0.25) is 0 Å². The molecule has 0 bridgehead atoms. The van der Waals surface area contributed by atoms with E-state index >= 15 is 0 Å². The Hall–Kier alpha value is -1.49. The number of aldehydes is 1. The van der Waals surface area contributed by atoms with Gasteiger partial charge in [0, 0.05) is 31.6 Å². The number of anilines is 1. The van der Waals surface area contributed by atoms with Gasteiger partial charge in [-0.3, -0.25) is 0 Å². The van der Waals surface area contributed by atoms with Crippen molar-refractivity contribution in [2.24, 2.45) is 5.41 Å². The number of rotatable bonds is 2. The maximum atomic E-state index is 8.81. The summed E-state index contributed by atoms with van der Waals surface area (Å²) >= 11 is 0. The lowest BCUT2D eigenvalue weighted by atomic mass is 9.61. The van der Waals surface area contributed by atoms with E-state index in [2.05, 4.69) is 41.0 Å². The molecule has 0 unspecified atom stereocenters. The van der Waals surface area contributed by atoms with Crippen LogP contribution in [0.15, 0.2) is 12.4 Å². The van der Waals surface area contributed by atoms with Crippen molar-refractivity contribution < 1.29 is 4.79 Å². The van der Waals surface area contributed by atoms with Crippen LogP contribution in [0.25, 0.3) is 0 Å². The number of piperazine rings is 1. The maximum absolute atomic E-state index is 8.81. The Morgan fingerprint density at radius 2 is 1.68 bits per heavy atom. The highest BCUT2D eigenvalue weighted by atomic mass is 16.1. The quantitative estimate of drug-likeness (QED) is 0.743. The smallest absolute Gasteiger partial charge is 0.130 e. The molecule has 1 N–H and O–H groups in total. The topological polar surface area (TPSA) is 58.1 Å². The first-order valence-corrected chi connectivity index (χ1v) is 11.2. The van der Waals surface area contributed by atoms with Crippen LogP contribution in [-0.4, -0.2) is 41.9 Å². The molecule has 1 atom stereocenters. The van der Waals surface area contributed by atoms with Crippen molar-refractivity contribution in [1.29, 1.82) is 0 Å². The van der Waals surface area contributed by atoms with Gasteiger partial charge in [0.1, 0.15) is 12.1 Å². The molecule has 5 heteroatoms. The molecular formula is C23H40N4O. The molecule has 2 saturated carbocycles. The summed E-state index contributed by atoms with van der Waals surface area (Å²) in [5.74, 6) is 1.32. The predicted octanol–water partition coefficient (Wildman–Crippen LogP) is 4.72. The van der Waals surface area contributed by atoms with Crippen molar-refractivity contribution in [2.75, 3.05) is 24.5 Å². The minimum Gasteiger partial charge on any atom is -0.366 e. The first kappa shape index (κ1) is 22.8. The van der Waals surface area contributed by atoms with E-state index in [0.717, 1.165) is 42.8 Å². The summed E-state index contributed by atoms with van der Waals surface area (Å²) in [5.41, 5.74) is 2.04. The summed E-state index contributed by atoms with van der Waals surface area (Å²) in [6.07, 6.45) is 17.0. The predicted molar refractivity (Wildman–Crippen MR) is 117 cm³/mol. The third-order valence-corrected chi connectivity index (χ3v) is 6.24. The van der Waals surface area contributed by atoms with E-state index in [1.165, 1.54) is 32.6 Å². The lowest BCUT2D eigenvalue weighted by molar-refractivity contribution is -0.106. The molecule has 1 aliphatic heterocycles. The van der Waals surface area contributed by atoms with Gasteiger partial charge in [-0.1, -0.05) is 39.5 Å². The van der Waals surface area contributed by atoms with Crippen LogP contribution in [0.5, 0.6) is 0 Å². The Labute approximate surface area is 171 Å². The van der Waals surface area contributed by atoms with E-state index in [1.807, 2.05) is 12.4 Å². The summed E-state index contributed by atoms with van der Waals surface area (Å²) in [6.45, 7) is 11.0. The van der Waals surface area contributed by atoms with Crippen LogP contribution in [-0.2, 0) is 4.79 Å². The summed E-state index contributed by atoms with van der Waals surface area (Å²) in [5, 5.41) is 3.43. The lowest BCUT2D eigenvalue weighted by Gasteiger charge is -2.45. The van der Waals surface area contributed by atoms with Crippen LogP contribution in [0.1, 0.15) is 90.8 Å². The molecule has 2 aliphatic carbocycles. The largest absolute Gasteiger partial charge is 0.366 e. The van der Waals surface area contributed by atoms with E-state index in [9.17, 15) is 0 Å². The van der Waals surface area contributed by atoms with E-state index < -0.39 is 0 Å². The molecule has 1 aromatic heterocycles. The average Bonchev–Trinajstić information content (AvgIpc) is 2.69. The molecule has 158 valence electrons. The summed E-state index contributed by atoms with van der Waals surface area (Å²) in [6, 6.07) is 0.540. The minimum atomic E-state index is 0.399. The van der Waals surface area contributed by atoms with Gasteiger partial charge in [-0.25, -0.2) is 9.97 Å². The Morgan fingerprint density at radius 1 is 1.11 bits per heavy atom. The zero-order valence-electron chi connectivity index (χ0n) is 18.4. The average molecular weight is 389 g/mol. The molecular weight excluding hydrogens is 348 g/mol. The van der Waals surface area contributed by atoms with Gasteiger partial charge in [-0.2, -0.15) is 0 Å². The SMILES string of the molecule is C1CCC2(CC1)CCC2.CC(C)c1ncc(N2CCN[C@H](C)C2)cn1.CC=O. The van der Waals surface area contributed by atoms with Gasteiger partial charge in [0.25, 0.3) is 0 Å². The highest BCUT2D eigenvalue weighted by molar-refractivity contribution is 5.44.